The summed E-state index contributed by atoms with van der Waals surface area (Å²) >= 11 is 0. The highest BCUT2D eigenvalue weighted by Crippen LogP contribution is 2.32. The molecule has 1 N–H and O–H groups in total. The number of aryl methyl sites for hydroxylation is 1. The van der Waals surface area contributed by atoms with Crippen molar-refractivity contribution in [2.45, 2.75) is 26.1 Å². The van der Waals surface area contributed by atoms with E-state index in [9.17, 15) is 22.0 Å². The molecule has 0 aliphatic carbocycles. The molecule has 0 saturated carbocycles. The van der Waals surface area contributed by atoms with E-state index in [2.05, 4.69) is 15.5 Å². The number of benzene rings is 3. The highest BCUT2D eigenvalue weighted by molar-refractivity contribution is 6.10. The molecule has 0 radical (unpaired) electrons. The molecular formula is C24H18F5N3. The van der Waals surface area contributed by atoms with E-state index < -0.39 is 29.4 Å². The molecule has 0 spiro atoms. The standard InChI is InChI=1S/C24H18F5N3/c1-13-12-16(8-11-18(13)15-6-9-17(10-7-15)24(27,28)29)22-14(2)30-23(32-31-22)21-19(25)4-3-5-20(21)26/h3-12,14H,1-2H3,(H,30,32). The number of amidine groups is 1. The maximum atomic E-state index is 14.1. The summed E-state index contributed by atoms with van der Waals surface area (Å²) in [4.78, 5) is 4.36. The molecule has 0 saturated heterocycles. The molecule has 1 heterocycles. The minimum Gasteiger partial charge on any atom is -0.261 e. The van der Waals surface area contributed by atoms with Gasteiger partial charge in [0.1, 0.15) is 11.6 Å². The molecule has 0 fully saturated rings. The molecule has 164 valence electrons. The Labute approximate surface area is 181 Å². The number of aliphatic imine (C=N–C) groups is 1. The summed E-state index contributed by atoms with van der Waals surface area (Å²) in [5.74, 6) is -1.47. The van der Waals surface area contributed by atoms with Gasteiger partial charge in [0.2, 0.25) is 0 Å². The van der Waals surface area contributed by atoms with Gasteiger partial charge in [-0.25, -0.2) is 8.78 Å². The average molecular weight is 443 g/mol. The van der Waals surface area contributed by atoms with Crippen LogP contribution in [-0.4, -0.2) is 17.6 Å². The number of hydrazone groups is 1. The van der Waals surface area contributed by atoms with Crippen LogP contribution in [0.4, 0.5) is 22.0 Å². The molecule has 0 bridgehead atoms. The van der Waals surface area contributed by atoms with Gasteiger partial charge in [-0.1, -0.05) is 30.3 Å². The van der Waals surface area contributed by atoms with Crippen molar-refractivity contribution >= 4 is 11.5 Å². The highest BCUT2D eigenvalue weighted by atomic mass is 19.4. The largest absolute Gasteiger partial charge is 0.416 e. The smallest absolute Gasteiger partial charge is 0.261 e. The number of halogens is 5. The Hall–Kier alpha value is -3.55. The molecule has 1 aliphatic rings. The highest BCUT2D eigenvalue weighted by Gasteiger charge is 2.30. The van der Waals surface area contributed by atoms with E-state index in [0.29, 0.717) is 11.3 Å². The van der Waals surface area contributed by atoms with Gasteiger partial charge in [0.15, 0.2) is 5.84 Å². The van der Waals surface area contributed by atoms with Gasteiger partial charge in [-0.05, 0) is 60.9 Å². The third-order valence-electron chi connectivity index (χ3n) is 5.25. The Kier molecular flexibility index (Phi) is 5.54. The van der Waals surface area contributed by atoms with Crippen LogP contribution in [0.1, 0.15) is 29.2 Å². The summed E-state index contributed by atoms with van der Waals surface area (Å²) in [6, 6.07) is 13.5. The molecule has 32 heavy (non-hydrogen) atoms. The van der Waals surface area contributed by atoms with E-state index in [0.717, 1.165) is 41.0 Å². The number of nitrogens with zero attached hydrogens (tertiary/aromatic N) is 2. The summed E-state index contributed by atoms with van der Waals surface area (Å²) < 4.78 is 66.5. The van der Waals surface area contributed by atoms with Gasteiger partial charge < -0.3 is 0 Å². The quantitative estimate of drug-likeness (QED) is 0.488. The first-order valence-electron chi connectivity index (χ1n) is 9.79. The summed E-state index contributed by atoms with van der Waals surface area (Å²) in [5, 5.41) is 4.28. The van der Waals surface area contributed by atoms with Crippen LogP contribution in [0, 0.1) is 18.6 Å². The van der Waals surface area contributed by atoms with Gasteiger partial charge in [-0.15, -0.1) is 0 Å². The van der Waals surface area contributed by atoms with Crippen molar-refractivity contribution in [2.75, 3.05) is 0 Å². The van der Waals surface area contributed by atoms with E-state index in [1.807, 2.05) is 13.0 Å². The normalized spacial score (nSPS) is 16.3. The van der Waals surface area contributed by atoms with Crippen molar-refractivity contribution in [3.8, 4) is 11.1 Å². The fourth-order valence-corrected chi connectivity index (χ4v) is 3.63. The monoisotopic (exact) mass is 443 g/mol. The van der Waals surface area contributed by atoms with Crippen LogP contribution < -0.4 is 5.43 Å². The van der Waals surface area contributed by atoms with Gasteiger partial charge in [0, 0.05) is 5.56 Å². The number of rotatable bonds is 3. The van der Waals surface area contributed by atoms with Crippen molar-refractivity contribution in [1.29, 1.82) is 0 Å². The molecule has 1 atom stereocenters. The predicted octanol–water partition coefficient (Wildman–Crippen LogP) is 6.10. The maximum Gasteiger partial charge on any atom is 0.416 e. The molecule has 4 rings (SSSR count). The second kappa shape index (κ2) is 8.18. The van der Waals surface area contributed by atoms with E-state index >= 15 is 0 Å². The van der Waals surface area contributed by atoms with E-state index in [1.165, 1.54) is 18.2 Å². The second-order valence-electron chi connectivity index (χ2n) is 7.46. The van der Waals surface area contributed by atoms with Gasteiger partial charge >= 0.3 is 6.18 Å². The Balaban J connectivity index is 1.59. The summed E-state index contributed by atoms with van der Waals surface area (Å²) in [7, 11) is 0. The molecule has 0 aromatic heterocycles. The first-order chi connectivity index (χ1) is 15.1. The van der Waals surface area contributed by atoms with E-state index in [1.54, 1.807) is 19.1 Å². The van der Waals surface area contributed by atoms with Gasteiger partial charge in [0.25, 0.3) is 0 Å². The van der Waals surface area contributed by atoms with Crippen LogP contribution in [0.25, 0.3) is 11.1 Å². The van der Waals surface area contributed by atoms with Crippen molar-refractivity contribution in [2.24, 2.45) is 10.1 Å². The Bertz CT molecular complexity index is 1210. The van der Waals surface area contributed by atoms with Crippen molar-refractivity contribution in [3.63, 3.8) is 0 Å². The van der Waals surface area contributed by atoms with Gasteiger partial charge in [-0.3, -0.25) is 10.4 Å². The van der Waals surface area contributed by atoms with Crippen LogP contribution in [0.2, 0.25) is 0 Å². The lowest BCUT2D eigenvalue weighted by molar-refractivity contribution is -0.137. The van der Waals surface area contributed by atoms with Gasteiger partial charge in [-0.2, -0.15) is 18.3 Å². The Morgan fingerprint density at radius 3 is 2.06 bits per heavy atom. The third kappa shape index (κ3) is 4.12. The van der Waals surface area contributed by atoms with Crippen LogP contribution in [0.3, 0.4) is 0 Å². The summed E-state index contributed by atoms with van der Waals surface area (Å²) in [6.07, 6.45) is -4.38. The number of hydrogen-bond donors (Lipinski definition) is 1. The zero-order valence-electron chi connectivity index (χ0n) is 17.1. The molecular weight excluding hydrogens is 425 g/mol. The number of hydrogen-bond acceptors (Lipinski definition) is 3. The van der Waals surface area contributed by atoms with Crippen molar-refractivity contribution in [3.05, 3.63) is 94.6 Å². The van der Waals surface area contributed by atoms with Crippen molar-refractivity contribution in [1.82, 2.24) is 5.43 Å². The first kappa shape index (κ1) is 21.7. The molecule has 1 aliphatic heterocycles. The maximum absolute atomic E-state index is 14.1. The molecule has 0 amide bonds. The lowest BCUT2D eigenvalue weighted by Crippen LogP contribution is -2.34. The van der Waals surface area contributed by atoms with Gasteiger partial charge in [0.05, 0.1) is 22.9 Å². The summed E-state index contributed by atoms with van der Waals surface area (Å²) in [6.45, 7) is 3.61. The topological polar surface area (TPSA) is 36.8 Å². The predicted molar refractivity (Wildman–Crippen MR) is 114 cm³/mol. The minimum absolute atomic E-state index is 0.00921. The minimum atomic E-state index is -4.38. The van der Waals surface area contributed by atoms with Crippen LogP contribution in [-0.2, 0) is 6.18 Å². The molecule has 3 aromatic carbocycles. The zero-order chi connectivity index (χ0) is 23.0. The first-order valence-corrected chi connectivity index (χ1v) is 9.79. The lowest BCUT2D eigenvalue weighted by Gasteiger charge is -2.21. The molecule has 8 heteroatoms. The van der Waals surface area contributed by atoms with Crippen LogP contribution in [0.5, 0.6) is 0 Å². The lowest BCUT2D eigenvalue weighted by atomic mass is 9.94. The molecule has 3 aromatic rings. The zero-order valence-corrected chi connectivity index (χ0v) is 17.1. The van der Waals surface area contributed by atoms with Crippen molar-refractivity contribution < 1.29 is 22.0 Å². The van der Waals surface area contributed by atoms with E-state index in [4.69, 9.17) is 0 Å². The second-order valence-corrected chi connectivity index (χ2v) is 7.46. The Morgan fingerprint density at radius 2 is 1.50 bits per heavy atom. The average Bonchev–Trinajstić information content (AvgIpc) is 2.73. The fourth-order valence-electron chi connectivity index (χ4n) is 3.63. The van der Waals surface area contributed by atoms with Crippen LogP contribution >= 0.6 is 0 Å². The number of alkyl halides is 3. The molecule has 3 nitrogen and oxygen atoms in total. The van der Waals surface area contributed by atoms with Crippen LogP contribution in [0.15, 0.2) is 70.8 Å². The fraction of sp³-hybridized carbons (Fsp3) is 0.167. The Morgan fingerprint density at radius 1 is 0.875 bits per heavy atom. The SMILES string of the molecule is Cc1cc(C2=NNC(c3c(F)cccc3F)=NC2C)ccc1-c1ccc(C(F)(F)F)cc1. The van der Waals surface area contributed by atoms with E-state index in [-0.39, 0.29) is 11.4 Å². The third-order valence-corrected chi connectivity index (χ3v) is 5.25. The molecule has 1 unspecified atom stereocenters. The summed E-state index contributed by atoms with van der Waals surface area (Å²) in [5.41, 5.74) is 5.28. The number of nitrogens with one attached hydrogen (secondary N) is 1.